The molecule has 1 aliphatic heterocycles. The maximum atomic E-state index is 5.29. The van der Waals surface area contributed by atoms with Crippen LogP contribution in [0.3, 0.4) is 0 Å². The second-order valence-electron chi connectivity index (χ2n) is 6.65. The lowest BCUT2D eigenvalue weighted by molar-refractivity contribution is 0.215. The minimum atomic E-state index is 0.282. The molecule has 0 N–H and O–H groups in total. The molecule has 0 bridgehead atoms. The number of rotatable bonds is 6. The fraction of sp³-hybridized carbons (Fsp3) is 0.688. The van der Waals surface area contributed by atoms with Crippen molar-refractivity contribution >= 4 is 11.3 Å². The summed E-state index contributed by atoms with van der Waals surface area (Å²) in [5.41, 5.74) is 1.19. The minimum absolute atomic E-state index is 0.282. The standard InChI is InChI=1S/C16H25N5OS/c1-11(2)16-18-15(19-22-16)9-20(4)14-5-6-21(8-14)7-13-10-23-12(3)17-13/h10-11,14H,5-9H2,1-4H3. The Bertz CT molecular complexity index is 638. The molecule has 1 unspecified atom stereocenters. The summed E-state index contributed by atoms with van der Waals surface area (Å²) in [5.74, 6) is 1.79. The van der Waals surface area contributed by atoms with E-state index in [1.165, 1.54) is 12.1 Å². The smallest absolute Gasteiger partial charge is 0.229 e. The van der Waals surface area contributed by atoms with E-state index in [-0.39, 0.29) is 5.92 Å². The maximum absolute atomic E-state index is 5.29. The summed E-state index contributed by atoms with van der Waals surface area (Å²) in [5, 5.41) is 7.40. The van der Waals surface area contributed by atoms with Crippen molar-refractivity contribution in [2.24, 2.45) is 0 Å². The predicted octanol–water partition coefficient (Wildman–Crippen LogP) is 2.66. The zero-order valence-electron chi connectivity index (χ0n) is 14.3. The SMILES string of the molecule is Cc1nc(CN2CCC(N(C)Cc3noc(C(C)C)n3)C2)cs1. The molecule has 1 saturated heterocycles. The van der Waals surface area contributed by atoms with E-state index >= 15 is 0 Å². The molecule has 0 aromatic carbocycles. The van der Waals surface area contributed by atoms with Crippen LogP contribution < -0.4 is 0 Å². The molecule has 0 aliphatic carbocycles. The van der Waals surface area contributed by atoms with Crippen molar-refractivity contribution in [2.45, 2.75) is 52.2 Å². The first-order valence-corrected chi connectivity index (χ1v) is 9.05. The first kappa shape index (κ1) is 16.5. The van der Waals surface area contributed by atoms with Gasteiger partial charge in [-0.05, 0) is 20.4 Å². The van der Waals surface area contributed by atoms with Crippen molar-refractivity contribution < 1.29 is 4.52 Å². The van der Waals surface area contributed by atoms with Crippen molar-refractivity contribution in [2.75, 3.05) is 20.1 Å². The molecule has 1 atom stereocenters. The molecule has 1 fully saturated rings. The molecular weight excluding hydrogens is 310 g/mol. The van der Waals surface area contributed by atoms with Crippen LogP contribution in [0.4, 0.5) is 0 Å². The van der Waals surface area contributed by atoms with Gasteiger partial charge in [-0.2, -0.15) is 4.98 Å². The van der Waals surface area contributed by atoms with Crippen molar-refractivity contribution in [3.05, 3.63) is 27.8 Å². The van der Waals surface area contributed by atoms with Gasteiger partial charge >= 0.3 is 0 Å². The van der Waals surface area contributed by atoms with Gasteiger partial charge in [-0.25, -0.2) is 4.98 Å². The number of thiazole rings is 1. The maximum Gasteiger partial charge on any atom is 0.229 e. The zero-order valence-corrected chi connectivity index (χ0v) is 15.1. The lowest BCUT2D eigenvalue weighted by atomic mass is 10.2. The number of nitrogens with zero attached hydrogens (tertiary/aromatic N) is 5. The average molecular weight is 335 g/mol. The topological polar surface area (TPSA) is 58.3 Å². The van der Waals surface area contributed by atoms with E-state index in [9.17, 15) is 0 Å². The highest BCUT2D eigenvalue weighted by atomic mass is 32.1. The largest absolute Gasteiger partial charge is 0.339 e. The Morgan fingerprint density at radius 3 is 2.91 bits per heavy atom. The molecule has 0 radical (unpaired) electrons. The molecule has 0 spiro atoms. The van der Waals surface area contributed by atoms with Crippen molar-refractivity contribution in [1.82, 2.24) is 24.9 Å². The molecule has 0 amide bonds. The van der Waals surface area contributed by atoms with Gasteiger partial charge in [0.15, 0.2) is 5.82 Å². The monoisotopic (exact) mass is 335 g/mol. The average Bonchev–Trinajstić information content (AvgIpc) is 3.20. The summed E-state index contributed by atoms with van der Waals surface area (Å²) in [6.45, 7) is 10.1. The second kappa shape index (κ2) is 7.07. The van der Waals surface area contributed by atoms with Crippen molar-refractivity contribution in [3.63, 3.8) is 0 Å². The van der Waals surface area contributed by atoms with Crippen LogP contribution in [0.25, 0.3) is 0 Å². The van der Waals surface area contributed by atoms with E-state index in [1.54, 1.807) is 11.3 Å². The number of likely N-dealkylation sites (tertiary alicyclic amines) is 1. The molecule has 7 heteroatoms. The van der Waals surface area contributed by atoms with Gasteiger partial charge in [-0.1, -0.05) is 19.0 Å². The molecule has 2 aromatic rings. The third kappa shape index (κ3) is 4.16. The van der Waals surface area contributed by atoms with E-state index in [4.69, 9.17) is 4.52 Å². The number of aryl methyl sites for hydroxylation is 1. The molecule has 3 heterocycles. The van der Waals surface area contributed by atoms with Crippen LogP contribution in [0.5, 0.6) is 0 Å². The van der Waals surface area contributed by atoms with Crippen LogP contribution in [0.2, 0.25) is 0 Å². The third-order valence-electron chi connectivity index (χ3n) is 4.29. The van der Waals surface area contributed by atoms with Crippen molar-refractivity contribution in [3.8, 4) is 0 Å². The van der Waals surface area contributed by atoms with Gasteiger partial charge < -0.3 is 4.52 Å². The Morgan fingerprint density at radius 1 is 1.43 bits per heavy atom. The fourth-order valence-corrected chi connectivity index (χ4v) is 3.55. The quantitative estimate of drug-likeness (QED) is 0.809. The Kier molecular flexibility index (Phi) is 5.08. The summed E-state index contributed by atoms with van der Waals surface area (Å²) in [6, 6.07) is 0.538. The predicted molar refractivity (Wildman–Crippen MR) is 90.4 cm³/mol. The zero-order chi connectivity index (χ0) is 16.4. The van der Waals surface area contributed by atoms with Crippen LogP contribution in [0.1, 0.15) is 48.6 Å². The number of likely N-dealkylation sites (N-methyl/N-ethyl adjacent to an activating group) is 1. The van der Waals surface area contributed by atoms with Crippen LogP contribution >= 0.6 is 11.3 Å². The number of hydrogen-bond donors (Lipinski definition) is 0. The van der Waals surface area contributed by atoms with E-state index < -0.39 is 0 Å². The van der Waals surface area contributed by atoms with E-state index in [0.29, 0.717) is 6.04 Å². The molecule has 23 heavy (non-hydrogen) atoms. The summed E-state index contributed by atoms with van der Waals surface area (Å²) in [4.78, 5) is 13.8. The second-order valence-corrected chi connectivity index (χ2v) is 7.72. The Balaban J connectivity index is 1.51. The molecule has 126 valence electrons. The first-order valence-electron chi connectivity index (χ1n) is 8.17. The molecule has 3 rings (SSSR count). The normalized spacial score (nSPS) is 19.3. The fourth-order valence-electron chi connectivity index (χ4n) is 2.94. The van der Waals surface area contributed by atoms with E-state index in [1.807, 2.05) is 0 Å². The van der Waals surface area contributed by atoms with Gasteiger partial charge in [-0.15, -0.1) is 11.3 Å². The number of hydrogen-bond acceptors (Lipinski definition) is 7. The Hall–Kier alpha value is -1.31. The first-order chi connectivity index (χ1) is 11.0. The number of aromatic nitrogens is 3. The summed E-state index contributed by atoms with van der Waals surface area (Å²) >= 11 is 1.73. The van der Waals surface area contributed by atoms with Crippen LogP contribution in [0, 0.1) is 6.92 Å². The molecule has 1 aliphatic rings. The van der Waals surface area contributed by atoms with Gasteiger partial charge in [0.05, 0.1) is 17.2 Å². The molecule has 0 saturated carbocycles. The Labute approximate surface area is 141 Å². The van der Waals surface area contributed by atoms with Gasteiger partial charge in [0.1, 0.15) is 0 Å². The van der Waals surface area contributed by atoms with Crippen LogP contribution in [-0.4, -0.2) is 51.1 Å². The van der Waals surface area contributed by atoms with Crippen molar-refractivity contribution in [1.29, 1.82) is 0 Å². The van der Waals surface area contributed by atoms with Gasteiger partial charge in [0.2, 0.25) is 5.89 Å². The van der Waals surface area contributed by atoms with E-state index in [2.05, 4.69) is 58.1 Å². The lowest BCUT2D eigenvalue weighted by Crippen LogP contribution is -2.34. The third-order valence-corrected chi connectivity index (χ3v) is 5.11. The molecule has 6 nitrogen and oxygen atoms in total. The highest BCUT2D eigenvalue weighted by Crippen LogP contribution is 2.20. The lowest BCUT2D eigenvalue weighted by Gasteiger charge is -2.23. The van der Waals surface area contributed by atoms with Crippen LogP contribution in [-0.2, 0) is 13.1 Å². The van der Waals surface area contributed by atoms with Gasteiger partial charge in [-0.3, -0.25) is 9.80 Å². The van der Waals surface area contributed by atoms with Gasteiger partial charge in [0, 0.05) is 37.0 Å². The molecular formula is C16H25N5OS. The highest BCUT2D eigenvalue weighted by Gasteiger charge is 2.27. The van der Waals surface area contributed by atoms with Gasteiger partial charge in [0.25, 0.3) is 0 Å². The summed E-state index contributed by atoms with van der Waals surface area (Å²) in [6.07, 6.45) is 1.18. The summed E-state index contributed by atoms with van der Waals surface area (Å²) < 4.78 is 5.29. The molecule has 2 aromatic heterocycles. The Morgan fingerprint density at radius 2 is 2.26 bits per heavy atom. The van der Waals surface area contributed by atoms with Crippen LogP contribution in [0.15, 0.2) is 9.90 Å². The van der Waals surface area contributed by atoms with E-state index in [0.717, 1.165) is 42.9 Å². The highest BCUT2D eigenvalue weighted by molar-refractivity contribution is 7.09. The minimum Gasteiger partial charge on any atom is -0.339 e. The summed E-state index contributed by atoms with van der Waals surface area (Å²) in [7, 11) is 2.15.